The van der Waals surface area contributed by atoms with Crippen molar-refractivity contribution < 1.29 is 18.3 Å². The third kappa shape index (κ3) is 3.86. The Balaban J connectivity index is 2.23. The molecule has 0 aliphatic rings. The molecule has 110 valence electrons. The summed E-state index contributed by atoms with van der Waals surface area (Å²) in [6.07, 6.45) is 1.17. The number of benzene rings is 2. The molecule has 0 aromatic heterocycles. The van der Waals surface area contributed by atoms with E-state index in [1.165, 1.54) is 18.0 Å². The van der Waals surface area contributed by atoms with Gasteiger partial charge < -0.3 is 5.11 Å². The smallest absolute Gasteiger partial charge is 0.335 e. The maximum Gasteiger partial charge on any atom is 0.335 e. The minimum Gasteiger partial charge on any atom is -0.478 e. The fourth-order valence-corrected chi connectivity index (χ4v) is 3.38. The van der Waals surface area contributed by atoms with Gasteiger partial charge in [-0.15, -0.1) is 0 Å². The summed E-state index contributed by atoms with van der Waals surface area (Å²) in [5.41, 5.74) is 0.979. The molecule has 0 aliphatic heterocycles. The molecule has 0 heterocycles. The zero-order valence-electron chi connectivity index (χ0n) is 11.5. The van der Waals surface area contributed by atoms with E-state index in [2.05, 4.69) is 0 Å². The highest BCUT2D eigenvalue weighted by atomic mass is 32.2. The number of carboxylic acid groups (broad SMARTS) is 1. The van der Waals surface area contributed by atoms with Gasteiger partial charge in [-0.3, -0.25) is 0 Å². The maximum absolute atomic E-state index is 11.4. The van der Waals surface area contributed by atoms with Crippen molar-refractivity contribution in [1.82, 2.24) is 0 Å². The van der Waals surface area contributed by atoms with E-state index in [-0.39, 0.29) is 10.5 Å². The van der Waals surface area contributed by atoms with Crippen molar-refractivity contribution in [3.8, 4) is 0 Å². The predicted molar refractivity (Wildman–Crippen MR) is 81.8 cm³/mol. The van der Waals surface area contributed by atoms with Gasteiger partial charge in [-0.2, -0.15) is 0 Å². The van der Waals surface area contributed by atoms with Crippen LogP contribution in [0, 0.1) is 6.92 Å². The summed E-state index contributed by atoms with van der Waals surface area (Å²) >= 11 is 1.45. The third-order valence-electron chi connectivity index (χ3n) is 2.92. The summed E-state index contributed by atoms with van der Waals surface area (Å²) in [6, 6.07) is 11.7. The quantitative estimate of drug-likeness (QED) is 0.935. The zero-order valence-corrected chi connectivity index (χ0v) is 13.2. The third-order valence-corrected chi connectivity index (χ3v) is 5.04. The molecule has 0 bridgehead atoms. The molecule has 0 fully saturated rings. The summed E-state index contributed by atoms with van der Waals surface area (Å²) in [5, 5.41) is 8.99. The molecule has 4 nitrogen and oxygen atoms in total. The van der Waals surface area contributed by atoms with Crippen LogP contribution in [0.3, 0.4) is 0 Å². The number of aryl methyl sites for hydroxylation is 1. The Labute approximate surface area is 127 Å². The highest BCUT2D eigenvalue weighted by Crippen LogP contribution is 2.29. The Morgan fingerprint density at radius 2 is 1.62 bits per heavy atom. The molecule has 6 heteroatoms. The SMILES string of the molecule is Cc1cc(Sc2ccc(S(C)(=O)=O)cc2)ccc1C(=O)O. The van der Waals surface area contributed by atoms with Crippen molar-refractivity contribution in [3.63, 3.8) is 0 Å². The van der Waals surface area contributed by atoms with Gasteiger partial charge in [0.25, 0.3) is 0 Å². The number of carboxylic acids is 1. The number of hydrogen-bond acceptors (Lipinski definition) is 4. The lowest BCUT2D eigenvalue weighted by molar-refractivity contribution is 0.0696. The Bertz CT molecular complexity index is 778. The van der Waals surface area contributed by atoms with Gasteiger partial charge in [0.15, 0.2) is 9.84 Å². The molecular formula is C15H14O4S2. The Morgan fingerprint density at radius 1 is 1.05 bits per heavy atom. The average Bonchev–Trinajstić information content (AvgIpc) is 2.38. The lowest BCUT2D eigenvalue weighted by atomic mass is 10.1. The molecule has 2 aromatic carbocycles. The van der Waals surface area contributed by atoms with Crippen molar-refractivity contribution in [1.29, 1.82) is 0 Å². The molecule has 0 spiro atoms. The van der Waals surface area contributed by atoms with E-state index in [4.69, 9.17) is 5.11 Å². The van der Waals surface area contributed by atoms with Crippen molar-refractivity contribution >= 4 is 27.6 Å². The highest BCUT2D eigenvalue weighted by molar-refractivity contribution is 7.99. The lowest BCUT2D eigenvalue weighted by Crippen LogP contribution is -1.99. The van der Waals surface area contributed by atoms with E-state index in [0.29, 0.717) is 5.56 Å². The Kier molecular flexibility index (Phi) is 4.39. The number of aromatic carboxylic acids is 1. The van der Waals surface area contributed by atoms with Crippen LogP contribution in [0.1, 0.15) is 15.9 Å². The second-order valence-corrected chi connectivity index (χ2v) is 7.79. The van der Waals surface area contributed by atoms with Crippen LogP contribution in [0.25, 0.3) is 0 Å². The Morgan fingerprint density at radius 3 is 2.10 bits per heavy atom. The molecule has 2 rings (SSSR count). The fraction of sp³-hybridized carbons (Fsp3) is 0.133. The number of carbonyl (C=O) groups is 1. The second-order valence-electron chi connectivity index (χ2n) is 4.63. The molecule has 1 N–H and O–H groups in total. The normalized spacial score (nSPS) is 11.3. The first-order chi connectivity index (χ1) is 9.77. The van der Waals surface area contributed by atoms with Crippen LogP contribution in [-0.2, 0) is 9.84 Å². The molecular weight excluding hydrogens is 308 g/mol. The summed E-state index contributed by atoms with van der Waals surface area (Å²) in [5.74, 6) is -0.943. The molecule has 0 aliphatic carbocycles. The molecule has 0 atom stereocenters. The Hall–Kier alpha value is -1.79. The van der Waals surface area contributed by atoms with Crippen LogP contribution < -0.4 is 0 Å². The highest BCUT2D eigenvalue weighted by Gasteiger charge is 2.09. The summed E-state index contributed by atoms with van der Waals surface area (Å²) in [7, 11) is -3.19. The first kappa shape index (κ1) is 15.6. The van der Waals surface area contributed by atoms with E-state index in [1.54, 1.807) is 49.4 Å². The summed E-state index contributed by atoms with van der Waals surface area (Å²) < 4.78 is 22.8. The molecule has 2 aromatic rings. The van der Waals surface area contributed by atoms with Gasteiger partial charge in [-0.05, 0) is 55.0 Å². The number of rotatable bonds is 4. The molecule has 21 heavy (non-hydrogen) atoms. The van der Waals surface area contributed by atoms with Gasteiger partial charge in [0.2, 0.25) is 0 Å². The van der Waals surface area contributed by atoms with Gasteiger partial charge in [-0.25, -0.2) is 13.2 Å². The van der Waals surface area contributed by atoms with Gasteiger partial charge >= 0.3 is 5.97 Å². The van der Waals surface area contributed by atoms with Gasteiger partial charge in [0.1, 0.15) is 0 Å². The van der Waals surface area contributed by atoms with E-state index in [9.17, 15) is 13.2 Å². The van der Waals surface area contributed by atoms with Crippen molar-refractivity contribution in [2.24, 2.45) is 0 Å². The van der Waals surface area contributed by atoms with E-state index in [1.807, 2.05) is 0 Å². The molecule has 0 saturated heterocycles. The number of sulfone groups is 1. The van der Waals surface area contributed by atoms with Crippen molar-refractivity contribution in [2.45, 2.75) is 21.6 Å². The molecule has 0 unspecified atom stereocenters. The number of hydrogen-bond donors (Lipinski definition) is 1. The maximum atomic E-state index is 11.4. The van der Waals surface area contributed by atoms with Crippen molar-refractivity contribution in [2.75, 3.05) is 6.26 Å². The minimum absolute atomic E-state index is 0.282. The van der Waals surface area contributed by atoms with Crippen LogP contribution in [0.4, 0.5) is 0 Å². The fourth-order valence-electron chi connectivity index (χ4n) is 1.83. The lowest BCUT2D eigenvalue weighted by Gasteiger charge is -2.06. The van der Waals surface area contributed by atoms with Gasteiger partial charge in [0.05, 0.1) is 10.5 Å². The monoisotopic (exact) mass is 322 g/mol. The average molecular weight is 322 g/mol. The summed E-state index contributed by atoms with van der Waals surface area (Å²) in [6.45, 7) is 1.75. The molecule has 0 amide bonds. The van der Waals surface area contributed by atoms with E-state index >= 15 is 0 Å². The van der Waals surface area contributed by atoms with Gasteiger partial charge in [0, 0.05) is 16.0 Å². The first-order valence-corrected chi connectivity index (χ1v) is 8.80. The van der Waals surface area contributed by atoms with E-state index < -0.39 is 15.8 Å². The predicted octanol–water partition coefficient (Wildman–Crippen LogP) is 3.25. The first-order valence-electron chi connectivity index (χ1n) is 6.09. The molecule has 0 radical (unpaired) electrons. The van der Waals surface area contributed by atoms with Crippen LogP contribution in [0.15, 0.2) is 57.2 Å². The largest absolute Gasteiger partial charge is 0.478 e. The van der Waals surface area contributed by atoms with Crippen LogP contribution >= 0.6 is 11.8 Å². The van der Waals surface area contributed by atoms with Crippen molar-refractivity contribution in [3.05, 3.63) is 53.6 Å². The van der Waals surface area contributed by atoms with Crippen LogP contribution in [-0.4, -0.2) is 25.7 Å². The standard InChI is InChI=1S/C15H14O4S2/c1-10-9-12(5-8-14(10)15(16)17)20-11-3-6-13(7-4-11)21(2,18)19/h3-9H,1-2H3,(H,16,17). The van der Waals surface area contributed by atoms with Crippen LogP contribution in [0.5, 0.6) is 0 Å². The summed E-state index contributed by atoms with van der Waals surface area (Å²) in [4.78, 5) is 13.0. The van der Waals surface area contributed by atoms with Gasteiger partial charge in [-0.1, -0.05) is 11.8 Å². The topological polar surface area (TPSA) is 71.4 Å². The zero-order chi connectivity index (χ0) is 15.6. The minimum atomic E-state index is -3.19. The molecule has 0 saturated carbocycles. The van der Waals surface area contributed by atoms with E-state index in [0.717, 1.165) is 9.79 Å². The van der Waals surface area contributed by atoms with Crippen LogP contribution in [0.2, 0.25) is 0 Å². The second kappa shape index (κ2) is 5.91.